The van der Waals surface area contributed by atoms with Crippen molar-refractivity contribution in [1.29, 1.82) is 0 Å². The van der Waals surface area contributed by atoms with E-state index in [-0.39, 0.29) is 4.90 Å². The van der Waals surface area contributed by atoms with Crippen LogP contribution in [0.4, 0.5) is 0 Å². The fourth-order valence-electron chi connectivity index (χ4n) is 2.58. The van der Waals surface area contributed by atoms with Gasteiger partial charge in [-0.05, 0) is 34.5 Å². The molecule has 0 amide bonds. The molecule has 0 aliphatic carbocycles. The third-order valence-corrected chi connectivity index (χ3v) is 6.23. The van der Waals surface area contributed by atoms with Gasteiger partial charge in [-0.2, -0.15) is 0 Å². The number of ether oxygens (including phenoxy) is 1. The summed E-state index contributed by atoms with van der Waals surface area (Å²) in [6.07, 6.45) is 0.848. The van der Waals surface area contributed by atoms with Gasteiger partial charge in [0.2, 0.25) is 0 Å². The van der Waals surface area contributed by atoms with Crippen LogP contribution in [0.5, 0.6) is 5.75 Å². The standard InChI is InChI=1S/C18H19BrN2O3S/c1-2-12-24-17-13-15(8-9-16(17)19)25(22,23)21-11-10-20-18(21)14-6-4-3-5-7-14/h3-9,13H,2,10-12H2,1H3. The van der Waals surface area contributed by atoms with Gasteiger partial charge in [0.15, 0.2) is 0 Å². The Balaban J connectivity index is 1.95. The highest BCUT2D eigenvalue weighted by molar-refractivity contribution is 9.10. The number of rotatable bonds is 6. The molecule has 0 atom stereocenters. The highest BCUT2D eigenvalue weighted by atomic mass is 79.9. The molecule has 0 N–H and O–H groups in total. The van der Waals surface area contributed by atoms with E-state index in [4.69, 9.17) is 4.74 Å². The highest BCUT2D eigenvalue weighted by Gasteiger charge is 2.31. The number of hydrogen-bond acceptors (Lipinski definition) is 4. The van der Waals surface area contributed by atoms with Gasteiger partial charge in [0.25, 0.3) is 10.0 Å². The summed E-state index contributed by atoms with van der Waals surface area (Å²) in [4.78, 5) is 4.59. The van der Waals surface area contributed by atoms with Gasteiger partial charge < -0.3 is 4.74 Å². The maximum Gasteiger partial charge on any atom is 0.265 e. The maximum atomic E-state index is 13.1. The van der Waals surface area contributed by atoms with Crippen molar-refractivity contribution >= 4 is 31.8 Å². The molecule has 7 heteroatoms. The molecule has 0 bridgehead atoms. The summed E-state index contributed by atoms with van der Waals surface area (Å²) in [6.45, 7) is 3.33. The summed E-state index contributed by atoms with van der Waals surface area (Å²) in [5.74, 6) is 1.01. The van der Waals surface area contributed by atoms with Gasteiger partial charge >= 0.3 is 0 Å². The van der Waals surface area contributed by atoms with Crippen molar-refractivity contribution in [3.63, 3.8) is 0 Å². The van der Waals surface area contributed by atoms with Crippen LogP contribution in [0.25, 0.3) is 0 Å². The zero-order valence-corrected chi connectivity index (χ0v) is 16.3. The third kappa shape index (κ3) is 3.72. The van der Waals surface area contributed by atoms with Gasteiger partial charge in [-0.25, -0.2) is 12.7 Å². The Bertz CT molecular complexity index is 882. The molecule has 0 radical (unpaired) electrons. The largest absolute Gasteiger partial charge is 0.492 e. The summed E-state index contributed by atoms with van der Waals surface area (Å²) in [5, 5.41) is 0. The van der Waals surface area contributed by atoms with Crippen LogP contribution >= 0.6 is 15.9 Å². The van der Waals surface area contributed by atoms with Crippen molar-refractivity contribution in [2.24, 2.45) is 4.99 Å². The van der Waals surface area contributed by atoms with E-state index in [1.54, 1.807) is 18.2 Å². The van der Waals surface area contributed by atoms with Crippen LogP contribution < -0.4 is 4.74 Å². The summed E-state index contributed by atoms with van der Waals surface area (Å²) in [6, 6.07) is 14.2. The summed E-state index contributed by atoms with van der Waals surface area (Å²) >= 11 is 3.40. The quantitative estimate of drug-likeness (QED) is 0.712. The van der Waals surface area contributed by atoms with Crippen LogP contribution in [0.1, 0.15) is 18.9 Å². The molecule has 1 aliphatic rings. The molecule has 0 aromatic heterocycles. The summed E-state index contributed by atoms with van der Waals surface area (Å²) in [5.41, 5.74) is 0.795. The fraction of sp³-hybridized carbons (Fsp3) is 0.278. The molecule has 25 heavy (non-hydrogen) atoms. The summed E-state index contributed by atoms with van der Waals surface area (Å²) in [7, 11) is -3.70. The lowest BCUT2D eigenvalue weighted by Gasteiger charge is -2.21. The van der Waals surface area contributed by atoms with Crippen molar-refractivity contribution in [1.82, 2.24) is 4.31 Å². The highest BCUT2D eigenvalue weighted by Crippen LogP contribution is 2.30. The predicted octanol–water partition coefficient (Wildman–Crippen LogP) is 3.69. The molecule has 5 nitrogen and oxygen atoms in total. The topological polar surface area (TPSA) is 59.0 Å². The van der Waals surface area contributed by atoms with E-state index in [2.05, 4.69) is 20.9 Å². The lowest BCUT2D eigenvalue weighted by molar-refractivity contribution is 0.314. The Hall–Kier alpha value is -1.86. The van der Waals surface area contributed by atoms with E-state index in [1.807, 2.05) is 37.3 Å². The minimum Gasteiger partial charge on any atom is -0.492 e. The zero-order valence-electron chi connectivity index (χ0n) is 13.9. The third-order valence-electron chi connectivity index (χ3n) is 3.79. The van der Waals surface area contributed by atoms with E-state index >= 15 is 0 Å². The fourth-order valence-corrected chi connectivity index (χ4v) is 4.41. The number of sulfonamides is 1. The molecule has 0 unspecified atom stereocenters. The minimum atomic E-state index is -3.70. The first kappa shape index (κ1) is 17.9. The van der Waals surface area contributed by atoms with Crippen LogP contribution in [-0.4, -0.2) is 38.3 Å². The first-order valence-corrected chi connectivity index (χ1v) is 10.3. The monoisotopic (exact) mass is 422 g/mol. The number of amidine groups is 1. The molecule has 0 spiro atoms. The molecule has 0 fully saturated rings. The number of aliphatic imine (C=N–C) groups is 1. The first-order valence-electron chi connectivity index (χ1n) is 8.09. The second-order valence-electron chi connectivity index (χ2n) is 5.59. The summed E-state index contributed by atoms with van der Waals surface area (Å²) < 4.78 is 34.0. The predicted molar refractivity (Wildman–Crippen MR) is 102 cm³/mol. The first-order chi connectivity index (χ1) is 12.0. The van der Waals surface area contributed by atoms with Crippen molar-refractivity contribution in [3.8, 4) is 5.75 Å². The van der Waals surface area contributed by atoms with E-state index < -0.39 is 10.0 Å². The van der Waals surface area contributed by atoms with E-state index in [9.17, 15) is 8.42 Å². The van der Waals surface area contributed by atoms with Crippen molar-refractivity contribution in [2.75, 3.05) is 19.7 Å². The van der Waals surface area contributed by atoms with Crippen LogP contribution in [-0.2, 0) is 10.0 Å². The van der Waals surface area contributed by atoms with Crippen LogP contribution in [0.15, 0.2) is 62.9 Å². The zero-order chi connectivity index (χ0) is 17.9. The van der Waals surface area contributed by atoms with Gasteiger partial charge in [-0.1, -0.05) is 37.3 Å². The molecule has 1 heterocycles. The van der Waals surface area contributed by atoms with Crippen LogP contribution in [0, 0.1) is 0 Å². The van der Waals surface area contributed by atoms with E-state index in [0.717, 1.165) is 16.5 Å². The van der Waals surface area contributed by atoms with Crippen molar-refractivity contribution in [2.45, 2.75) is 18.2 Å². The van der Waals surface area contributed by atoms with Crippen molar-refractivity contribution in [3.05, 3.63) is 58.6 Å². The SMILES string of the molecule is CCCOc1cc(S(=O)(=O)N2CCN=C2c2ccccc2)ccc1Br. The molecule has 0 saturated heterocycles. The second-order valence-corrected chi connectivity index (χ2v) is 8.31. The Morgan fingerprint density at radius 2 is 1.96 bits per heavy atom. The molecule has 2 aromatic carbocycles. The second kappa shape index (κ2) is 7.58. The molecule has 3 rings (SSSR count). The average molecular weight is 423 g/mol. The molecule has 0 saturated carbocycles. The Morgan fingerprint density at radius 1 is 1.20 bits per heavy atom. The average Bonchev–Trinajstić information content (AvgIpc) is 3.12. The molecule has 2 aromatic rings. The van der Waals surface area contributed by atoms with Crippen LogP contribution in [0.3, 0.4) is 0 Å². The van der Waals surface area contributed by atoms with Gasteiger partial charge in [-0.15, -0.1) is 0 Å². The normalized spacial score (nSPS) is 14.5. The van der Waals surface area contributed by atoms with Crippen molar-refractivity contribution < 1.29 is 13.2 Å². The van der Waals surface area contributed by atoms with Crippen LogP contribution in [0.2, 0.25) is 0 Å². The molecular formula is C18H19BrN2O3S. The number of nitrogens with zero attached hydrogens (tertiary/aromatic N) is 2. The molecule has 1 aliphatic heterocycles. The lowest BCUT2D eigenvalue weighted by atomic mass is 10.2. The van der Waals surface area contributed by atoms with E-state index in [1.165, 1.54) is 4.31 Å². The molecular weight excluding hydrogens is 404 g/mol. The Morgan fingerprint density at radius 3 is 2.68 bits per heavy atom. The van der Waals surface area contributed by atoms with E-state index in [0.29, 0.717) is 31.3 Å². The lowest BCUT2D eigenvalue weighted by Crippen LogP contribution is -2.34. The number of benzene rings is 2. The Labute approximate surface area is 156 Å². The minimum absolute atomic E-state index is 0.201. The molecule has 132 valence electrons. The maximum absolute atomic E-state index is 13.1. The van der Waals surface area contributed by atoms with Gasteiger partial charge in [0.05, 0.1) is 29.1 Å². The smallest absolute Gasteiger partial charge is 0.265 e. The Kier molecular flexibility index (Phi) is 5.44. The number of hydrogen-bond donors (Lipinski definition) is 0. The van der Waals surface area contributed by atoms with Gasteiger partial charge in [0, 0.05) is 11.6 Å². The van der Waals surface area contributed by atoms with Gasteiger partial charge in [0.1, 0.15) is 11.6 Å². The van der Waals surface area contributed by atoms with Gasteiger partial charge in [-0.3, -0.25) is 4.99 Å². The number of halogens is 1.